The molecule has 2 aliphatic carbocycles. The second-order valence-electron chi connectivity index (χ2n) is 6.66. The van der Waals surface area contributed by atoms with Crippen molar-refractivity contribution >= 4 is 12.1 Å². The second kappa shape index (κ2) is 5.69. The first kappa shape index (κ1) is 15.8. The number of likely N-dealkylation sites (N-methyl/N-ethyl adjacent to an activating group) is 1. The molecule has 0 heterocycles. The van der Waals surface area contributed by atoms with Crippen molar-refractivity contribution in [3.05, 3.63) is 59.7 Å². The van der Waals surface area contributed by atoms with Crippen LogP contribution in [0, 0.1) is 0 Å². The van der Waals surface area contributed by atoms with Crippen LogP contribution in [-0.2, 0) is 9.53 Å². The fourth-order valence-electron chi connectivity index (χ4n) is 3.77. The number of benzene rings is 2. The molecule has 1 saturated carbocycles. The normalized spacial score (nSPS) is 17.2. The molecule has 4 nitrogen and oxygen atoms in total. The van der Waals surface area contributed by atoms with Crippen LogP contribution in [-0.4, -0.2) is 29.6 Å². The Morgan fingerprint density at radius 2 is 1.56 bits per heavy atom. The number of fused-ring (bicyclic) bond motifs is 3. The average molecular weight is 339 g/mol. The molecule has 128 valence electrons. The van der Waals surface area contributed by atoms with Gasteiger partial charge in [0.05, 0.1) is 0 Å². The number of ether oxygens (including phenoxy) is 1. The van der Waals surface area contributed by atoms with Crippen LogP contribution in [0.4, 0.5) is 9.18 Å². The van der Waals surface area contributed by atoms with E-state index in [-0.39, 0.29) is 0 Å². The Kier molecular flexibility index (Phi) is 3.60. The molecular weight excluding hydrogens is 321 g/mol. The quantitative estimate of drug-likeness (QED) is 0.786. The van der Waals surface area contributed by atoms with Gasteiger partial charge in [-0.3, -0.25) is 9.69 Å². The predicted octanol–water partition coefficient (Wildman–Crippen LogP) is 4.24. The van der Waals surface area contributed by atoms with E-state index in [1.165, 1.54) is 7.05 Å². The van der Waals surface area contributed by atoms with Gasteiger partial charge in [-0.05, 0) is 30.4 Å². The van der Waals surface area contributed by atoms with Crippen molar-refractivity contribution in [2.45, 2.75) is 30.9 Å². The highest BCUT2D eigenvalue weighted by molar-refractivity contribution is 5.86. The molecule has 5 heteroatoms. The fraction of sp³-hybridized carbons (Fsp3) is 0.300. The molecule has 0 N–H and O–H groups in total. The number of nitrogens with zero attached hydrogens (tertiary/aromatic N) is 1. The molecule has 0 saturated heterocycles. The molecule has 0 aliphatic heterocycles. The Hall–Kier alpha value is -2.69. The van der Waals surface area contributed by atoms with Crippen LogP contribution >= 0.6 is 0 Å². The minimum atomic E-state index is -1.47. The minimum Gasteiger partial charge on any atom is -0.436 e. The maximum absolute atomic E-state index is 13.5. The first-order valence-electron chi connectivity index (χ1n) is 8.37. The summed E-state index contributed by atoms with van der Waals surface area (Å²) in [4.78, 5) is 25.2. The standard InChI is InChI=1S/C20H18FNO3/c1-22(20(18(21)23)11-6-12-20)19(24)25-17-15-9-4-2-7-13(15)14-8-3-5-10-16(14)17/h2-5,7-10,17H,6,11-12H2,1H3. The summed E-state index contributed by atoms with van der Waals surface area (Å²) in [6.45, 7) is 0. The number of carbonyl (C=O) groups is 2. The number of carbonyl (C=O) groups excluding carboxylic acids is 2. The van der Waals surface area contributed by atoms with Crippen LogP contribution in [0.3, 0.4) is 0 Å². The number of amides is 1. The largest absolute Gasteiger partial charge is 0.436 e. The molecule has 0 atom stereocenters. The van der Waals surface area contributed by atoms with E-state index >= 15 is 0 Å². The van der Waals surface area contributed by atoms with Crippen LogP contribution in [0.2, 0.25) is 0 Å². The van der Waals surface area contributed by atoms with Crippen molar-refractivity contribution in [1.29, 1.82) is 0 Å². The maximum atomic E-state index is 13.5. The highest BCUT2D eigenvalue weighted by Gasteiger charge is 2.51. The topological polar surface area (TPSA) is 46.6 Å². The predicted molar refractivity (Wildman–Crippen MR) is 90.7 cm³/mol. The van der Waals surface area contributed by atoms with E-state index in [1.54, 1.807) is 0 Å². The van der Waals surface area contributed by atoms with Gasteiger partial charge in [-0.1, -0.05) is 48.5 Å². The molecule has 0 bridgehead atoms. The summed E-state index contributed by atoms with van der Waals surface area (Å²) in [5.41, 5.74) is 2.51. The third-order valence-electron chi connectivity index (χ3n) is 5.46. The van der Waals surface area contributed by atoms with Gasteiger partial charge in [0, 0.05) is 18.2 Å². The monoisotopic (exact) mass is 339 g/mol. The van der Waals surface area contributed by atoms with Crippen LogP contribution in [0.15, 0.2) is 48.5 Å². The first-order chi connectivity index (χ1) is 12.0. The molecule has 0 unspecified atom stereocenters. The molecule has 2 aliphatic rings. The van der Waals surface area contributed by atoms with Crippen molar-refractivity contribution in [2.24, 2.45) is 0 Å². The van der Waals surface area contributed by atoms with Crippen LogP contribution in [0.25, 0.3) is 11.1 Å². The van der Waals surface area contributed by atoms with E-state index in [9.17, 15) is 14.0 Å². The zero-order valence-corrected chi connectivity index (χ0v) is 13.9. The van der Waals surface area contributed by atoms with Gasteiger partial charge < -0.3 is 4.74 Å². The van der Waals surface area contributed by atoms with Gasteiger partial charge >= 0.3 is 12.1 Å². The minimum absolute atomic E-state index is 0.339. The summed E-state index contributed by atoms with van der Waals surface area (Å²) in [5, 5.41) is 0. The van der Waals surface area contributed by atoms with E-state index < -0.39 is 23.8 Å². The zero-order valence-electron chi connectivity index (χ0n) is 13.9. The summed E-state index contributed by atoms with van der Waals surface area (Å²) in [7, 11) is 1.44. The summed E-state index contributed by atoms with van der Waals surface area (Å²) in [6.07, 6.45) is 0.177. The van der Waals surface area contributed by atoms with Gasteiger partial charge in [-0.15, -0.1) is 0 Å². The van der Waals surface area contributed by atoms with Crippen molar-refractivity contribution in [3.8, 4) is 11.1 Å². The average Bonchev–Trinajstić information content (AvgIpc) is 2.88. The Morgan fingerprint density at radius 3 is 2.00 bits per heavy atom. The number of rotatable bonds is 3. The van der Waals surface area contributed by atoms with E-state index in [4.69, 9.17) is 4.74 Å². The molecule has 0 spiro atoms. The molecule has 2 aromatic carbocycles. The second-order valence-corrected chi connectivity index (χ2v) is 6.66. The zero-order chi connectivity index (χ0) is 17.6. The molecule has 4 rings (SSSR count). The Balaban J connectivity index is 1.65. The van der Waals surface area contributed by atoms with E-state index in [1.807, 2.05) is 48.5 Å². The lowest BCUT2D eigenvalue weighted by Crippen LogP contribution is -2.58. The lowest BCUT2D eigenvalue weighted by molar-refractivity contribution is -0.147. The SMILES string of the molecule is CN(C(=O)OC1c2ccccc2-c2ccccc21)C1(C(=O)F)CCC1. The summed E-state index contributed by atoms with van der Waals surface area (Å²) >= 11 is 0. The van der Waals surface area contributed by atoms with Crippen molar-refractivity contribution < 1.29 is 18.7 Å². The first-order valence-corrected chi connectivity index (χ1v) is 8.37. The van der Waals surface area contributed by atoms with Crippen molar-refractivity contribution in [2.75, 3.05) is 7.05 Å². The lowest BCUT2D eigenvalue weighted by atomic mass is 9.76. The summed E-state index contributed by atoms with van der Waals surface area (Å²) in [5.74, 6) is 0. The van der Waals surface area contributed by atoms with Crippen molar-refractivity contribution in [3.63, 3.8) is 0 Å². The van der Waals surface area contributed by atoms with Gasteiger partial charge in [0.1, 0.15) is 5.54 Å². The molecule has 1 amide bonds. The fourth-order valence-corrected chi connectivity index (χ4v) is 3.77. The van der Waals surface area contributed by atoms with E-state index in [0.29, 0.717) is 12.8 Å². The van der Waals surface area contributed by atoms with E-state index in [2.05, 4.69) is 0 Å². The van der Waals surface area contributed by atoms with Gasteiger partial charge in [-0.2, -0.15) is 4.39 Å². The van der Waals surface area contributed by atoms with Gasteiger partial charge in [0.2, 0.25) is 0 Å². The smallest absolute Gasteiger partial charge is 0.411 e. The number of halogens is 1. The van der Waals surface area contributed by atoms with Crippen molar-refractivity contribution in [1.82, 2.24) is 4.90 Å². The molecular formula is C20H18FNO3. The summed E-state index contributed by atoms with van der Waals surface area (Å²) in [6, 6.07) is 14.0. The molecule has 0 aromatic heterocycles. The lowest BCUT2D eigenvalue weighted by Gasteiger charge is -2.44. The maximum Gasteiger partial charge on any atom is 0.411 e. The highest BCUT2D eigenvalue weighted by atomic mass is 19.1. The number of hydrogen-bond acceptors (Lipinski definition) is 3. The molecule has 25 heavy (non-hydrogen) atoms. The Morgan fingerprint density at radius 1 is 1.04 bits per heavy atom. The highest BCUT2D eigenvalue weighted by Crippen LogP contribution is 2.46. The van der Waals surface area contributed by atoms with Gasteiger partial charge in [-0.25, -0.2) is 4.79 Å². The van der Waals surface area contributed by atoms with Gasteiger partial charge in [0.15, 0.2) is 6.10 Å². The molecule has 0 radical (unpaired) electrons. The number of hydrogen-bond donors (Lipinski definition) is 0. The van der Waals surface area contributed by atoms with Crippen LogP contribution in [0.5, 0.6) is 0 Å². The third-order valence-corrected chi connectivity index (χ3v) is 5.46. The Bertz CT molecular complexity index is 814. The Labute approximate surface area is 145 Å². The van der Waals surface area contributed by atoms with Gasteiger partial charge in [0.25, 0.3) is 0 Å². The third kappa shape index (κ3) is 2.26. The summed E-state index contributed by atoms with van der Waals surface area (Å²) < 4.78 is 19.2. The molecule has 2 aromatic rings. The van der Waals surface area contributed by atoms with E-state index in [0.717, 1.165) is 33.6 Å². The molecule has 1 fully saturated rings. The van der Waals surface area contributed by atoms with Crippen LogP contribution in [0.1, 0.15) is 36.5 Å². The van der Waals surface area contributed by atoms with Crippen LogP contribution < -0.4 is 0 Å².